The molecule has 7 heteroatoms. The van der Waals surface area contributed by atoms with Gasteiger partial charge in [0.15, 0.2) is 15.8 Å². The average molecular weight is 348 g/mol. The first-order valence-corrected chi connectivity index (χ1v) is 10.3. The molecule has 0 saturated carbocycles. The second kappa shape index (κ2) is 8.87. The third-order valence-electron chi connectivity index (χ3n) is 4.55. The minimum atomic E-state index is -3.17. The lowest BCUT2D eigenvalue weighted by atomic mass is 9.99. The summed E-state index contributed by atoms with van der Waals surface area (Å²) in [4.78, 5) is 4.22. The second-order valence-electron chi connectivity index (χ2n) is 7.01. The molecule has 1 atom stereocenters. The molecule has 1 unspecified atom stereocenters. The maximum atomic E-state index is 12.3. The zero-order valence-electron chi connectivity index (χ0n) is 15.2. The number of hydrogen-bond acceptors (Lipinski definition) is 4. The first kappa shape index (κ1) is 20.2. The SMILES string of the molecule is CN=C(NCC1(S(C)(=O)=O)CCOCC1)NC(C)CCC(C)C. The van der Waals surface area contributed by atoms with Crippen molar-refractivity contribution in [1.29, 1.82) is 0 Å². The number of guanidine groups is 1. The summed E-state index contributed by atoms with van der Waals surface area (Å²) in [6, 6.07) is 0.299. The number of aliphatic imine (C=N–C) groups is 1. The Morgan fingerprint density at radius 3 is 2.30 bits per heavy atom. The molecule has 1 rings (SSSR count). The van der Waals surface area contributed by atoms with Gasteiger partial charge in [-0.1, -0.05) is 13.8 Å². The van der Waals surface area contributed by atoms with Gasteiger partial charge in [-0.3, -0.25) is 4.99 Å². The first-order valence-electron chi connectivity index (χ1n) is 8.45. The molecular weight excluding hydrogens is 314 g/mol. The molecule has 2 N–H and O–H groups in total. The predicted octanol–water partition coefficient (Wildman–Crippen LogP) is 1.57. The molecule has 0 aromatic carbocycles. The molecule has 0 spiro atoms. The molecule has 23 heavy (non-hydrogen) atoms. The van der Waals surface area contributed by atoms with Crippen LogP contribution in [0.4, 0.5) is 0 Å². The molecule has 6 nitrogen and oxygen atoms in total. The summed E-state index contributed by atoms with van der Waals surface area (Å²) < 4.78 is 29.1. The Kier molecular flexibility index (Phi) is 7.80. The quantitative estimate of drug-likeness (QED) is 0.540. The van der Waals surface area contributed by atoms with E-state index < -0.39 is 14.6 Å². The van der Waals surface area contributed by atoms with Crippen LogP contribution in [0.2, 0.25) is 0 Å². The van der Waals surface area contributed by atoms with Gasteiger partial charge >= 0.3 is 0 Å². The standard InChI is InChI=1S/C16H33N3O3S/c1-13(2)6-7-14(3)19-15(17-4)18-12-16(23(5,20)21)8-10-22-11-9-16/h13-14H,6-12H2,1-5H3,(H2,17,18,19). The zero-order chi connectivity index (χ0) is 17.5. The zero-order valence-corrected chi connectivity index (χ0v) is 16.0. The van der Waals surface area contributed by atoms with Crippen LogP contribution in [-0.2, 0) is 14.6 Å². The van der Waals surface area contributed by atoms with E-state index in [9.17, 15) is 8.42 Å². The highest BCUT2D eigenvalue weighted by molar-refractivity contribution is 7.92. The molecule has 0 radical (unpaired) electrons. The largest absolute Gasteiger partial charge is 0.381 e. The Hall–Kier alpha value is -0.820. The summed E-state index contributed by atoms with van der Waals surface area (Å²) in [6.45, 7) is 7.89. The summed E-state index contributed by atoms with van der Waals surface area (Å²) in [7, 11) is -1.46. The van der Waals surface area contributed by atoms with Crippen molar-refractivity contribution in [3.8, 4) is 0 Å². The fourth-order valence-electron chi connectivity index (χ4n) is 2.75. The number of hydrogen-bond donors (Lipinski definition) is 2. The van der Waals surface area contributed by atoms with Crippen LogP contribution in [0, 0.1) is 5.92 Å². The average Bonchev–Trinajstić information content (AvgIpc) is 2.49. The highest BCUT2D eigenvalue weighted by atomic mass is 32.2. The maximum Gasteiger partial charge on any atom is 0.191 e. The van der Waals surface area contributed by atoms with E-state index in [4.69, 9.17) is 4.74 Å². The Morgan fingerprint density at radius 2 is 1.83 bits per heavy atom. The van der Waals surface area contributed by atoms with Gasteiger partial charge in [-0.15, -0.1) is 0 Å². The van der Waals surface area contributed by atoms with E-state index in [-0.39, 0.29) is 0 Å². The Bertz CT molecular complexity index is 483. The molecule has 0 amide bonds. The summed E-state index contributed by atoms with van der Waals surface area (Å²) in [5.41, 5.74) is 0. The Morgan fingerprint density at radius 1 is 1.22 bits per heavy atom. The highest BCUT2D eigenvalue weighted by Gasteiger charge is 2.42. The summed E-state index contributed by atoms with van der Waals surface area (Å²) >= 11 is 0. The van der Waals surface area contributed by atoms with E-state index in [2.05, 4.69) is 36.4 Å². The van der Waals surface area contributed by atoms with Gasteiger partial charge in [0, 0.05) is 39.1 Å². The van der Waals surface area contributed by atoms with Crippen molar-refractivity contribution in [2.24, 2.45) is 10.9 Å². The van der Waals surface area contributed by atoms with Crippen LogP contribution >= 0.6 is 0 Å². The van der Waals surface area contributed by atoms with Crippen LogP contribution in [0.3, 0.4) is 0 Å². The normalized spacial score (nSPS) is 20.3. The van der Waals surface area contributed by atoms with E-state index in [1.807, 2.05) is 0 Å². The van der Waals surface area contributed by atoms with Gasteiger partial charge in [0.25, 0.3) is 0 Å². The van der Waals surface area contributed by atoms with Gasteiger partial charge in [-0.05, 0) is 38.5 Å². The van der Waals surface area contributed by atoms with Crippen LogP contribution in [-0.4, -0.2) is 58.2 Å². The van der Waals surface area contributed by atoms with Crippen molar-refractivity contribution in [3.05, 3.63) is 0 Å². The third-order valence-corrected chi connectivity index (χ3v) is 6.68. The van der Waals surface area contributed by atoms with Crippen LogP contribution in [0.1, 0.15) is 46.5 Å². The van der Waals surface area contributed by atoms with E-state index in [0.717, 1.165) is 12.8 Å². The molecule has 0 aliphatic carbocycles. The maximum absolute atomic E-state index is 12.3. The van der Waals surface area contributed by atoms with Crippen LogP contribution in [0.25, 0.3) is 0 Å². The fourth-order valence-corrected chi connectivity index (χ4v) is 3.99. The highest BCUT2D eigenvalue weighted by Crippen LogP contribution is 2.28. The molecule has 1 fully saturated rings. The van der Waals surface area contributed by atoms with Crippen molar-refractivity contribution in [2.45, 2.75) is 57.2 Å². The minimum absolute atomic E-state index is 0.299. The molecular formula is C16H33N3O3S. The summed E-state index contributed by atoms with van der Waals surface area (Å²) in [5, 5.41) is 6.55. The van der Waals surface area contributed by atoms with Gasteiger partial charge < -0.3 is 15.4 Å². The van der Waals surface area contributed by atoms with Gasteiger partial charge in [0.2, 0.25) is 0 Å². The molecule has 136 valence electrons. The van der Waals surface area contributed by atoms with Crippen LogP contribution < -0.4 is 10.6 Å². The number of ether oxygens (including phenoxy) is 1. The van der Waals surface area contributed by atoms with E-state index in [1.165, 1.54) is 6.26 Å². The Balaban J connectivity index is 2.61. The van der Waals surface area contributed by atoms with E-state index >= 15 is 0 Å². The van der Waals surface area contributed by atoms with Crippen molar-refractivity contribution < 1.29 is 13.2 Å². The number of nitrogens with zero attached hydrogens (tertiary/aromatic N) is 1. The van der Waals surface area contributed by atoms with Crippen LogP contribution in [0.15, 0.2) is 4.99 Å². The summed E-state index contributed by atoms with van der Waals surface area (Å²) in [6.07, 6.45) is 4.58. The topological polar surface area (TPSA) is 79.8 Å². The minimum Gasteiger partial charge on any atom is -0.381 e. The van der Waals surface area contributed by atoms with Crippen molar-refractivity contribution in [1.82, 2.24) is 10.6 Å². The predicted molar refractivity (Wildman–Crippen MR) is 95.7 cm³/mol. The smallest absolute Gasteiger partial charge is 0.191 e. The van der Waals surface area contributed by atoms with Crippen molar-refractivity contribution in [3.63, 3.8) is 0 Å². The van der Waals surface area contributed by atoms with Crippen LogP contribution in [0.5, 0.6) is 0 Å². The van der Waals surface area contributed by atoms with Gasteiger partial charge in [-0.25, -0.2) is 8.42 Å². The molecule has 1 heterocycles. The monoisotopic (exact) mass is 347 g/mol. The molecule has 1 aliphatic rings. The van der Waals surface area contributed by atoms with Crippen molar-refractivity contribution >= 4 is 15.8 Å². The molecule has 0 bridgehead atoms. The molecule has 0 aromatic heterocycles. The van der Waals surface area contributed by atoms with E-state index in [1.54, 1.807) is 7.05 Å². The van der Waals surface area contributed by atoms with Gasteiger partial charge in [0.1, 0.15) is 0 Å². The van der Waals surface area contributed by atoms with Gasteiger partial charge in [0.05, 0.1) is 4.75 Å². The number of nitrogens with one attached hydrogen (secondary N) is 2. The second-order valence-corrected chi connectivity index (χ2v) is 9.42. The lowest BCUT2D eigenvalue weighted by molar-refractivity contribution is 0.0756. The Labute approximate surface area is 141 Å². The number of sulfone groups is 1. The first-order chi connectivity index (χ1) is 10.7. The molecule has 1 saturated heterocycles. The lowest BCUT2D eigenvalue weighted by Crippen LogP contribution is -2.54. The summed E-state index contributed by atoms with van der Waals surface area (Å²) in [5.74, 6) is 1.33. The molecule has 0 aromatic rings. The van der Waals surface area contributed by atoms with E-state index in [0.29, 0.717) is 50.5 Å². The van der Waals surface area contributed by atoms with Gasteiger partial charge in [-0.2, -0.15) is 0 Å². The number of rotatable bonds is 7. The fraction of sp³-hybridized carbons (Fsp3) is 0.938. The van der Waals surface area contributed by atoms with Crippen molar-refractivity contribution in [2.75, 3.05) is 33.1 Å². The lowest BCUT2D eigenvalue weighted by Gasteiger charge is -2.36. The third kappa shape index (κ3) is 6.30. The molecule has 1 aliphatic heterocycles.